The molecule has 1 aromatic heterocycles. The van der Waals surface area contributed by atoms with Gasteiger partial charge in [-0.1, -0.05) is 17.7 Å². The summed E-state index contributed by atoms with van der Waals surface area (Å²) in [7, 11) is 0. The topological polar surface area (TPSA) is 71.3 Å². The minimum atomic E-state index is -0.409. The van der Waals surface area contributed by atoms with Gasteiger partial charge in [-0.15, -0.1) is 0 Å². The van der Waals surface area contributed by atoms with E-state index in [1.807, 2.05) is 31.2 Å². The predicted octanol–water partition coefficient (Wildman–Crippen LogP) is 0.0105. The van der Waals surface area contributed by atoms with Gasteiger partial charge in [0.05, 0.1) is 11.7 Å². The normalized spacial score (nSPS) is 17.2. The Hall–Kier alpha value is -2.34. The Labute approximate surface area is 128 Å². The van der Waals surface area contributed by atoms with Crippen LogP contribution in [0.3, 0.4) is 0 Å². The zero-order chi connectivity index (χ0) is 15.9. The lowest BCUT2D eigenvalue weighted by molar-refractivity contribution is -0.933. The van der Waals surface area contributed by atoms with Crippen molar-refractivity contribution in [2.75, 3.05) is 12.0 Å². The van der Waals surface area contributed by atoms with Gasteiger partial charge in [-0.2, -0.15) is 0 Å². The third-order valence-corrected chi connectivity index (χ3v) is 4.20. The van der Waals surface area contributed by atoms with Gasteiger partial charge in [0.15, 0.2) is 6.67 Å². The van der Waals surface area contributed by atoms with Gasteiger partial charge in [0.1, 0.15) is 17.9 Å². The monoisotopic (exact) mass is 301 g/mol. The fourth-order valence-corrected chi connectivity index (χ4v) is 2.76. The van der Waals surface area contributed by atoms with Crippen molar-refractivity contribution in [1.29, 1.82) is 0 Å². The highest BCUT2D eigenvalue weighted by Gasteiger charge is 2.27. The maximum atomic E-state index is 12.3. The average molecular weight is 301 g/mol. The first-order valence-electron chi connectivity index (χ1n) is 7.51. The molecule has 6 nitrogen and oxygen atoms in total. The molecule has 0 amide bonds. The van der Waals surface area contributed by atoms with Crippen molar-refractivity contribution in [2.24, 2.45) is 0 Å². The second kappa shape index (κ2) is 5.46. The number of nitrogens with one attached hydrogen (secondary N) is 3. The molecule has 2 aromatic rings. The molecule has 0 bridgehead atoms. The molecule has 0 fully saturated rings. The number of fused-ring (bicyclic) bond motifs is 1. The van der Waals surface area contributed by atoms with E-state index in [0.29, 0.717) is 30.6 Å². The Bertz CT molecular complexity index is 802. The Kier molecular flexibility index (Phi) is 3.62. The summed E-state index contributed by atoms with van der Waals surface area (Å²) >= 11 is 0. The van der Waals surface area contributed by atoms with E-state index in [2.05, 4.69) is 24.1 Å². The number of rotatable bonds is 2. The van der Waals surface area contributed by atoms with Crippen molar-refractivity contribution < 1.29 is 4.90 Å². The molecule has 1 unspecified atom stereocenters. The van der Waals surface area contributed by atoms with E-state index in [0.717, 1.165) is 11.3 Å². The first kappa shape index (κ1) is 14.6. The first-order chi connectivity index (χ1) is 10.5. The fraction of sp³-hybridized carbons (Fsp3) is 0.375. The highest BCUT2D eigenvalue weighted by atomic mass is 16.2. The van der Waals surface area contributed by atoms with Gasteiger partial charge in [0.2, 0.25) is 0 Å². The van der Waals surface area contributed by atoms with Crippen LogP contribution in [0.5, 0.6) is 0 Å². The molecule has 2 heterocycles. The maximum Gasteiger partial charge on any atom is 0.334 e. The van der Waals surface area contributed by atoms with Crippen molar-refractivity contribution in [1.82, 2.24) is 9.55 Å². The molecule has 1 atom stereocenters. The van der Waals surface area contributed by atoms with E-state index in [9.17, 15) is 9.59 Å². The number of hydrogen-bond donors (Lipinski definition) is 3. The van der Waals surface area contributed by atoms with Gasteiger partial charge in [-0.25, -0.2) is 9.36 Å². The van der Waals surface area contributed by atoms with E-state index in [1.54, 1.807) is 4.57 Å². The molecule has 0 radical (unpaired) electrons. The number of hydrogen-bond acceptors (Lipinski definition) is 3. The van der Waals surface area contributed by atoms with E-state index in [1.165, 1.54) is 4.90 Å². The van der Waals surface area contributed by atoms with Crippen LogP contribution in [0.2, 0.25) is 0 Å². The van der Waals surface area contributed by atoms with Gasteiger partial charge >= 0.3 is 5.69 Å². The summed E-state index contributed by atoms with van der Waals surface area (Å²) in [4.78, 5) is 28.2. The molecule has 3 rings (SSSR count). The minimum absolute atomic E-state index is 0.297. The van der Waals surface area contributed by atoms with Crippen molar-refractivity contribution in [3.05, 3.63) is 56.2 Å². The van der Waals surface area contributed by atoms with E-state index in [-0.39, 0.29) is 5.56 Å². The van der Waals surface area contributed by atoms with Gasteiger partial charge in [0.25, 0.3) is 5.56 Å². The summed E-state index contributed by atoms with van der Waals surface area (Å²) in [6.45, 7) is 7.54. The van der Waals surface area contributed by atoms with Gasteiger partial charge < -0.3 is 10.2 Å². The largest absolute Gasteiger partial charge is 0.334 e. The van der Waals surface area contributed by atoms with Crippen LogP contribution < -0.4 is 21.5 Å². The van der Waals surface area contributed by atoms with Crippen molar-refractivity contribution in [3.63, 3.8) is 0 Å². The Balaban J connectivity index is 2.17. The lowest BCUT2D eigenvalue weighted by Gasteiger charge is -2.30. The van der Waals surface area contributed by atoms with Crippen molar-refractivity contribution in [2.45, 2.75) is 33.4 Å². The molecule has 1 aliphatic rings. The third-order valence-electron chi connectivity index (χ3n) is 4.20. The molecule has 0 spiro atoms. The lowest BCUT2D eigenvalue weighted by atomic mass is 10.2. The molecule has 0 saturated carbocycles. The summed E-state index contributed by atoms with van der Waals surface area (Å²) < 4.78 is 1.55. The van der Waals surface area contributed by atoms with Crippen molar-refractivity contribution >= 4 is 5.82 Å². The number of benzene rings is 1. The molecule has 1 aliphatic heterocycles. The number of nitrogens with zero attached hydrogens (tertiary/aromatic N) is 1. The minimum Gasteiger partial charge on any atom is -0.324 e. The quantitative estimate of drug-likeness (QED) is 0.732. The summed E-state index contributed by atoms with van der Waals surface area (Å²) in [5, 5.41) is 3.26. The SMILES string of the molecule is Cc1ccc(-n2c3c(c(=O)[nH]c2=O)C[NH+](C(C)C)CN3)cc1. The first-order valence-corrected chi connectivity index (χ1v) is 7.51. The summed E-state index contributed by atoms with van der Waals surface area (Å²) in [5.41, 5.74) is 1.80. The van der Waals surface area contributed by atoms with Crippen molar-refractivity contribution in [3.8, 4) is 5.69 Å². The predicted molar refractivity (Wildman–Crippen MR) is 85.7 cm³/mol. The third kappa shape index (κ3) is 2.46. The van der Waals surface area contributed by atoms with E-state index in [4.69, 9.17) is 0 Å². The molecule has 3 N–H and O–H groups in total. The number of quaternary nitrogens is 1. The van der Waals surface area contributed by atoms with Crippen LogP contribution in [-0.2, 0) is 6.54 Å². The molecular weight excluding hydrogens is 280 g/mol. The van der Waals surface area contributed by atoms with E-state index < -0.39 is 5.69 Å². The molecule has 116 valence electrons. The number of aryl methyl sites for hydroxylation is 1. The second-order valence-electron chi connectivity index (χ2n) is 6.10. The van der Waals surface area contributed by atoms with Gasteiger partial charge in [-0.3, -0.25) is 9.78 Å². The van der Waals surface area contributed by atoms with Crippen LogP contribution in [0.15, 0.2) is 33.9 Å². The van der Waals surface area contributed by atoms with Crippen LogP contribution >= 0.6 is 0 Å². The van der Waals surface area contributed by atoms with Crippen LogP contribution in [0.25, 0.3) is 5.69 Å². The fourth-order valence-electron chi connectivity index (χ4n) is 2.76. The highest BCUT2D eigenvalue weighted by Crippen LogP contribution is 2.16. The maximum absolute atomic E-state index is 12.3. The van der Waals surface area contributed by atoms with E-state index >= 15 is 0 Å². The smallest absolute Gasteiger partial charge is 0.324 e. The number of aromatic nitrogens is 2. The average Bonchev–Trinajstić information content (AvgIpc) is 2.48. The van der Waals surface area contributed by atoms with Gasteiger partial charge in [0, 0.05) is 0 Å². The molecular formula is C16H21N4O2+. The van der Waals surface area contributed by atoms with Crippen LogP contribution in [-0.4, -0.2) is 22.3 Å². The van der Waals surface area contributed by atoms with Gasteiger partial charge in [-0.05, 0) is 32.9 Å². The zero-order valence-electron chi connectivity index (χ0n) is 13.1. The molecule has 1 aromatic carbocycles. The molecule has 22 heavy (non-hydrogen) atoms. The second-order valence-corrected chi connectivity index (χ2v) is 6.10. The standard InChI is InChI=1S/C16H20N4O2/c1-10(2)19-8-13-14(17-9-19)20(16(22)18-15(13)21)12-6-4-11(3)5-7-12/h4-7,10,17H,8-9H2,1-3H3,(H,18,21,22)/p+1. The highest BCUT2D eigenvalue weighted by molar-refractivity contribution is 5.51. The number of aromatic amines is 1. The van der Waals surface area contributed by atoms with Crippen LogP contribution in [0.1, 0.15) is 25.0 Å². The van der Waals surface area contributed by atoms with Crippen LogP contribution in [0, 0.1) is 6.92 Å². The molecule has 0 aliphatic carbocycles. The summed E-state index contributed by atoms with van der Waals surface area (Å²) in [6, 6.07) is 8.08. The zero-order valence-corrected chi connectivity index (χ0v) is 13.1. The molecule has 0 saturated heterocycles. The number of anilines is 1. The van der Waals surface area contributed by atoms with Crippen LogP contribution in [0.4, 0.5) is 5.82 Å². The number of H-pyrrole nitrogens is 1. The summed E-state index contributed by atoms with van der Waals surface area (Å²) in [5.74, 6) is 0.613. The summed E-state index contributed by atoms with van der Waals surface area (Å²) in [6.07, 6.45) is 0. The Morgan fingerprint density at radius 2 is 1.86 bits per heavy atom. The Morgan fingerprint density at radius 3 is 2.50 bits per heavy atom. The lowest BCUT2D eigenvalue weighted by Crippen LogP contribution is -3.15. The molecule has 6 heteroatoms. The Morgan fingerprint density at radius 1 is 1.18 bits per heavy atom.